The summed E-state index contributed by atoms with van der Waals surface area (Å²) in [7, 11) is 0. The van der Waals surface area contributed by atoms with Gasteiger partial charge < -0.3 is 10.1 Å². The molecule has 142 valence electrons. The molecule has 0 aliphatic carbocycles. The van der Waals surface area contributed by atoms with Crippen LogP contribution in [0.1, 0.15) is 11.1 Å². The Kier molecular flexibility index (Phi) is 7.04. The van der Waals surface area contributed by atoms with Gasteiger partial charge in [-0.2, -0.15) is 5.10 Å². The Balaban J connectivity index is 1.47. The molecule has 5 nitrogen and oxygen atoms in total. The van der Waals surface area contributed by atoms with E-state index in [-0.39, 0.29) is 12.5 Å². The van der Waals surface area contributed by atoms with Crippen LogP contribution < -0.4 is 15.5 Å². The maximum atomic E-state index is 11.9. The second-order valence-corrected chi connectivity index (χ2v) is 6.38. The monoisotopic (exact) mass is 393 g/mol. The summed E-state index contributed by atoms with van der Waals surface area (Å²) in [4.78, 5) is 11.9. The fourth-order valence-corrected chi connectivity index (χ4v) is 2.63. The van der Waals surface area contributed by atoms with Crippen molar-refractivity contribution in [1.29, 1.82) is 0 Å². The molecule has 3 aromatic rings. The van der Waals surface area contributed by atoms with E-state index in [1.54, 1.807) is 18.3 Å². The summed E-state index contributed by atoms with van der Waals surface area (Å²) in [5.74, 6) is 0.465. The summed E-state index contributed by atoms with van der Waals surface area (Å²) in [6.07, 6.45) is 1.57. The summed E-state index contributed by atoms with van der Waals surface area (Å²) >= 11 is 6.04. The molecule has 3 aromatic carbocycles. The van der Waals surface area contributed by atoms with Gasteiger partial charge in [-0.05, 0) is 35.4 Å². The number of hydrogen-bond acceptors (Lipinski definition) is 4. The van der Waals surface area contributed by atoms with Crippen LogP contribution in [0.4, 0.5) is 5.69 Å². The first kappa shape index (κ1) is 19.5. The molecule has 0 spiro atoms. The molecule has 0 aliphatic heterocycles. The van der Waals surface area contributed by atoms with Crippen LogP contribution in [0.3, 0.4) is 0 Å². The summed E-state index contributed by atoms with van der Waals surface area (Å²) in [6, 6.07) is 24.7. The molecule has 0 aliphatic rings. The molecule has 0 heterocycles. The number of hydrogen-bond donors (Lipinski definition) is 2. The zero-order chi connectivity index (χ0) is 19.6. The van der Waals surface area contributed by atoms with Gasteiger partial charge in [-0.25, -0.2) is 5.43 Å². The predicted molar refractivity (Wildman–Crippen MR) is 113 cm³/mol. The normalized spacial score (nSPS) is 10.6. The fraction of sp³-hybridized carbons (Fsp3) is 0.0909. The van der Waals surface area contributed by atoms with Crippen LogP contribution >= 0.6 is 11.6 Å². The third-order valence-electron chi connectivity index (χ3n) is 3.82. The van der Waals surface area contributed by atoms with Crippen molar-refractivity contribution in [3.8, 4) is 5.75 Å². The molecule has 0 aromatic heterocycles. The molecule has 0 fully saturated rings. The maximum absolute atomic E-state index is 11.9. The van der Waals surface area contributed by atoms with E-state index < -0.39 is 0 Å². The van der Waals surface area contributed by atoms with E-state index >= 15 is 0 Å². The minimum Gasteiger partial charge on any atom is -0.489 e. The number of amides is 1. The van der Waals surface area contributed by atoms with Gasteiger partial charge in [0.1, 0.15) is 12.4 Å². The van der Waals surface area contributed by atoms with E-state index in [1.807, 2.05) is 66.7 Å². The van der Waals surface area contributed by atoms with Crippen molar-refractivity contribution >= 4 is 29.4 Å². The first-order chi connectivity index (χ1) is 13.7. The van der Waals surface area contributed by atoms with Gasteiger partial charge in [0.15, 0.2) is 0 Å². The lowest BCUT2D eigenvalue weighted by atomic mass is 10.2. The van der Waals surface area contributed by atoms with Gasteiger partial charge in [0.05, 0.1) is 23.5 Å². The van der Waals surface area contributed by atoms with Crippen LogP contribution in [0.2, 0.25) is 5.02 Å². The van der Waals surface area contributed by atoms with Gasteiger partial charge in [0.2, 0.25) is 0 Å². The first-order valence-electron chi connectivity index (χ1n) is 8.78. The molecule has 1 amide bonds. The molecule has 0 bridgehead atoms. The van der Waals surface area contributed by atoms with E-state index in [2.05, 4.69) is 15.8 Å². The highest BCUT2D eigenvalue weighted by Gasteiger charge is 2.02. The average molecular weight is 394 g/mol. The quantitative estimate of drug-likeness (QED) is 0.438. The largest absolute Gasteiger partial charge is 0.489 e. The minimum atomic E-state index is -0.271. The number of nitrogens with one attached hydrogen (secondary N) is 2. The number of nitrogens with zero attached hydrogens (tertiary/aromatic N) is 1. The maximum Gasteiger partial charge on any atom is 0.259 e. The zero-order valence-corrected chi connectivity index (χ0v) is 15.9. The lowest BCUT2D eigenvalue weighted by molar-refractivity contribution is -0.119. The third-order valence-corrected chi connectivity index (χ3v) is 4.15. The molecule has 0 saturated heterocycles. The molecule has 2 N–H and O–H groups in total. The number of ether oxygens (including phenoxy) is 1. The standard InChI is InChI=1S/C22H20ClN3O2/c23-20-11-4-5-12-21(20)24-15-22(27)26-25-14-18-9-6-10-19(13-18)28-16-17-7-2-1-3-8-17/h1-14,24H,15-16H2,(H,26,27)/b25-14-. The molecule has 28 heavy (non-hydrogen) atoms. The van der Waals surface area contributed by atoms with Crippen LogP contribution in [-0.4, -0.2) is 18.7 Å². The van der Waals surface area contributed by atoms with E-state index in [0.29, 0.717) is 17.3 Å². The number of carbonyl (C=O) groups excluding carboxylic acids is 1. The highest BCUT2D eigenvalue weighted by Crippen LogP contribution is 2.19. The van der Waals surface area contributed by atoms with Crippen LogP contribution in [0, 0.1) is 0 Å². The molecule has 0 radical (unpaired) electrons. The van der Waals surface area contributed by atoms with Crippen molar-refractivity contribution in [2.45, 2.75) is 6.61 Å². The Bertz CT molecular complexity index is 945. The van der Waals surface area contributed by atoms with Crippen LogP contribution in [0.15, 0.2) is 84.0 Å². The second-order valence-electron chi connectivity index (χ2n) is 5.97. The SMILES string of the molecule is O=C(CNc1ccccc1Cl)N/N=C\c1cccc(OCc2ccccc2)c1. The summed E-state index contributed by atoms with van der Waals surface area (Å²) in [5, 5.41) is 7.51. The van der Waals surface area contributed by atoms with Crippen molar-refractivity contribution in [3.63, 3.8) is 0 Å². The summed E-state index contributed by atoms with van der Waals surface area (Å²) < 4.78 is 5.79. The average Bonchev–Trinajstić information content (AvgIpc) is 2.73. The van der Waals surface area contributed by atoms with Crippen molar-refractivity contribution in [2.75, 3.05) is 11.9 Å². The highest BCUT2D eigenvalue weighted by atomic mass is 35.5. The summed E-state index contributed by atoms with van der Waals surface area (Å²) in [6.45, 7) is 0.563. The molecule has 0 atom stereocenters. The minimum absolute atomic E-state index is 0.0707. The smallest absolute Gasteiger partial charge is 0.259 e. The van der Waals surface area contributed by atoms with Crippen molar-refractivity contribution < 1.29 is 9.53 Å². The van der Waals surface area contributed by atoms with Crippen molar-refractivity contribution in [3.05, 3.63) is 95.0 Å². The van der Waals surface area contributed by atoms with Crippen LogP contribution in [0.5, 0.6) is 5.75 Å². The molecule has 3 rings (SSSR count). The third kappa shape index (κ3) is 6.14. The van der Waals surface area contributed by atoms with Crippen molar-refractivity contribution in [2.24, 2.45) is 5.10 Å². The zero-order valence-electron chi connectivity index (χ0n) is 15.1. The van der Waals surface area contributed by atoms with E-state index in [4.69, 9.17) is 16.3 Å². The van der Waals surface area contributed by atoms with E-state index in [0.717, 1.165) is 16.9 Å². The Morgan fingerprint density at radius 3 is 2.61 bits per heavy atom. The van der Waals surface area contributed by atoms with Gasteiger partial charge in [-0.3, -0.25) is 4.79 Å². The Morgan fingerprint density at radius 1 is 1.00 bits per heavy atom. The summed E-state index contributed by atoms with van der Waals surface area (Å²) in [5.41, 5.74) is 5.10. The molecular formula is C22H20ClN3O2. The Morgan fingerprint density at radius 2 is 1.79 bits per heavy atom. The number of hydrazone groups is 1. The number of benzene rings is 3. The highest BCUT2D eigenvalue weighted by molar-refractivity contribution is 6.33. The lowest BCUT2D eigenvalue weighted by Gasteiger charge is -2.07. The van der Waals surface area contributed by atoms with Crippen LogP contribution in [-0.2, 0) is 11.4 Å². The molecule has 6 heteroatoms. The second kappa shape index (κ2) is 10.1. The van der Waals surface area contributed by atoms with E-state index in [9.17, 15) is 4.79 Å². The molecular weight excluding hydrogens is 374 g/mol. The van der Waals surface area contributed by atoms with Gasteiger partial charge in [-0.15, -0.1) is 0 Å². The topological polar surface area (TPSA) is 62.7 Å². The first-order valence-corrected chi connectivity index (χ1v) is 9.15. The molecule has 0 saturated carbocycles. The van der Waals surface area contributed by atoms with E-state index in [1.165, 1.54) is 0 Å². The van der Waals surface area contributed by atoms with Gasteiger partial charge in [0.25, 0.3) is 5.91 Å². The lowest BCUT2D eigenvalue weighted by Crippen LogP contribution is -2.25. The molecule has 0 unspecified atom stereocenters. The number of anilines is 1. The van der Waals surface area contributed by atoms with Gasteiger partial charge >= 0.3 is 0 Å². The van der Waals surface area contributed by atoms with Gasteiger partial charge in [0, 0.05) is 0 Å². The Labute approximate surface area is 169 Å². The predicted octanol–water partition coefficient (Wildman–Crippen LogP) is 4.48. The Hall–Kier alpha value is -3.31. The van der Waals surface area contributed by atoms with Crippen molar-refractivity contribution in [1.82, 2.24) is 5.43 Å². The number of carbonyl (C=O) groups is 1. The van der Waals surface area contributed by atoms with Crippen LogP contribution in [0.25, 0.3) is 0 Å². The number of halogens is 1. The number of rotatable bonds is 8. The van der Waals surface area contributed by atoms with Gasteiger partial charge in [-0.1, -0.05) is 66.2 Å². The fourth-order valence-electron chi connectivity index (χ4n) is 2.42. The number of para-hydroxylation sites is 1.